The number of anilines is 1. The molecule has 0 aliphatic rings. The molecule has 10 heteroatoms. The second kappa shape index (κ2) is 7.83. The Morgan fingerprint density at radius 1 is 1.04 bits per heavy atom. The van der Waals surface area contributed by atoms with Crippen molar-refractivity contribution in [1.82, 2.24) is 5.32 Å². The molecule has 2 aromatic carbocycles. The third-order valence-corrected chi connectivity index (χ3v) is 4.53. The van der Waals surface area contributed by atoms with Gasteiger partial charge in [0.1, 0.15) is 0 Å². The van der Waals surface area contributed by atoms with Crippen LogP contribution in [0, 0.1) is 0 Å². The number of hydrogen-bond donors (Lipinski definition) is 3. The summed E-state index contributed by atoms with van der Waals surface area (Å²) in [4.78, 5) is 23.8. The van der Waals surface area contributed by atoms with Gasteiger partial charge in [-0.05, 0) is 42.5 Å². The molecule has 0 aromatic heterocycles. The lowest BCUT2D eigenvalue weighted by atomic mass is 10.2. The number of amides is 2. The van der Waals surface area contributed by atoms with Crippen LogP contribution in [0.5, 0.6) is 0 Å². The maximum atomic E-state index is 12.0. The highest BCUT2D eigenvalue weighted by Gasteiger charge is 2.12. The summed E-state index contributed by atoms with van der Waals surface area (Å²) in [6, 6.07) is 9.67. The number of benzene rings is 2. The SMILES string of the molecule is NS(=O)(=O)c1ccc(NC(=O)CNC(=O)c2ccc(Cl)cc2Cl)cc1. The van der Waals surface area contributed by atoms with E-state index in [0.717, 1.165) is 0 Å². The van der Waals surface area contributed by atoms with Crippen LogP contribution in [-0.4, -0.2) is 26.8 Å². The molecule has 0 unspecified atom stereocenters. The molecule has 0 spiro atoms. The van der Waals surface area contributed by atoms with Crippen LogP contribution < -0.4 is 15.8 Å². The number of carbonyl (C=O) groups excluding carboxylic acids is 2. The number of sulfonamides is 1. The summed E-state index contributed by atoms with van der Waals surface area (Å²) in [5.74, 6) is -1.02. The van der Waals surface area contributed by atoms with Gasteiger partial charge in [0.05, 0.1) is 22.0 Å². The topological polar surface area (TPSA) is 118 Å². The van der Waals surface area contributed by atoms with E-state index in [1.807, 2.05) is 0 Å². The summed E-state index contributed by atoms with van der Waals surface area (Å²) >= 11 is 11.7. The van der Waals surface area contributed by atoms with Gasteiger partial charge in [0.15, 0.2) is 0 Å². The van der Waals surface area contributed by atoms with Crippen LogP contribution in [-0.2, 0) is 14.8 Å². The first kappa shape index (κ1) is 19.2. The van der Waals surface area contributed by atoms with Gasteiger partial charge < -0.3 is 10.6 Å². The molecule has 0 bridgehead atoms. The number of nitrogens with two attached hydrogens (primary N) is 1. The van der Waals surface area contributed by atoms with E-state index in [-0.39, 0.29) is 22.0 Å². The van der Waals surface area contributed by atoms with Crippen LogP contribution in [0.25, 0.3) is 0 Å². The molecule has 132 valence electrons. The van der Waals surface area contributed by atoms with Gasteiger partial charge in [-0.25, -0.2) is 13.6 Å². The molecule has 0 aliphatic heterocycles. The molecule has 7 nitrogen and oxygen atoms in total. The van der Waals surface area contributed by atoms with Gasteiger partial charge in [-0.1, -0.05) is 23.2 Å². The average molecular weight is 402 g/mol. The summed E-state index contributed by atoms with van der Waals surface area (Å²) in [5, 5.41) is 10.5. The molecular weight excluding hydrogens is 389 g/mol. The smallest absolute Gasteiger partial charge is 0.253 e. The van der Waals surface area contributed by atoms with Crippen molar-refractivity contribution in [1.29, 1.82) is 0 Å². The van der Waals surface area contributed by atoms with Gasteiger partial charge in [0, 0.05) is 10.7 Å². The summed E-state index contributed by atoms with van der Waals surface area (Å²) in [5.41, 5.74) is 0.549. The first-order chi connectivity index (χ1) is 11.7. The van der Waals surface area contributed by atoms with Gasteiger partial charge in [-0.3, -0.25) is 9.59 Å². The van der Waals surface area contributed by atoms with Gasteiger partial charge in [-0.15, -0.1) is 0 Å². The Balaban J connectivity index is 1.93. The van der Waals surface area contributed by atoms with Crippen molar-refractivity contribution in [3.8, 4) is 0 Å². The fourth-order valence-corrected chi connectivity index (χ4v) is 2.87. The van der Waals surface area contributed by atoms with Crippen molar-refractivity contribution in [3.05, 3.63) is 58.1 Å². The molecule has 0 radical (unpaired) electrons. The quantitative estimate of drug-likeness (QED) is 0.709. The van der Waals surface area contributed by atoms with Crippen molar-refractivity contribution < 1.29 is 18.0 Å². The van der Waals surface area contributed by atoms with E-state index in [9.17, 15) is 18.0 Å². The van der Waals surface area contributed by atoms with Crippen molar-refractivity contribution in [2.24, 2.45) is 5.14 Å². The molecule has 2 amide bonds. The summed E-state index contributed by atoms with van der Waals surface area (Å²) < 4.78 is 22.3. The van der Waals surface area contributed by atoms with Crippen LogP contribution >= 0.6 is 23.2 Å². The third-order valence-electron chi connectivity index (χ3n) is 3.05. The summed E-state index contributed by atoms with van der Waals surface area (Å²) in [6.07, 6.45) is 0. The maximum Gasteiger partial charge on any atom is 0.253 e. The van der Waals surface area contributed by atoms with Gasteiger partial charge >= 0.3 is 0 Å². The highest BCUT2D eigenvalue weighted by Crippen LogP contribution is 2.20. The predicted octanol–water partition coefficient (Wildman–Crippen LogP) is 2.01. The number of rotatable bonds is 5. The van der Waals surface area contributed by atoms with E-state index in [1.54, 1.807) is 0 Å². The van der Waals surface area contributed by atoms with Gasteiger partial charge in [-0.2, -0.15) is 0 Å². The zero-order valence-corrected chi connectivity index (χ0v) is 15.0. The van der Waals surface area contributed by atoms with Gasteiger partial charge in [0.25, 0.3) is 5.91 Å². The normalized spacial score (nSPS) is 11.0. The second-order valence-electron chi connectivity index (χ2n) is 4.92. The molecule has 25 heavy (non-hydrogen) atoms. The molecule has 0 fully saturated rings. The summed E-state index contributed by atoms with van der Waals surface area (Å²) in [7, 11) is -3.80. The maximum absolute atomic E-state index is 12.0. The Morgan fingerprint density at radius 3 is 2.24 bits per heavy atom. The van der Waals surface area contributed by atoms with E-state index in [0.29, 0.717) is 10.7 Å². The molecule has 2 aromatic rings. The minimum atomic E-state index is -3.80. The Hall–Kier alpha value is -2.13. The van der Waals surface area contributed by atoms with Gasteiger partial charge in [0.2, 0.25) is 15.9 Å². The van der Waals surface area contributed by atoms with Crippen molar-refractivity contribution in [2.45, 2.75) is 4.90 Å². The lowest BCUT2D eigenvalue weighted by molar-refractivity contribution is -0.115. The number of hydrogen-bond acceptors (Lipinski definition) is 4. The zero-order valence-electron chi connectivity index (χ0n) is 12.6. The first-order valence-electron chi connectivity index (χ1n) is 6.83. The molecule has 4 N–H and O–H groups in total. The van der Waals surface area contributed by atoms with Crippen molar-refractivity contribution in [2.75, 3.05) is 11.9 Å². The molecule has 0 saturated heterocycles. The summed E-state index contributed by atoms with van der Waals surface area (Å²) in [6.45, 7) is -0.297. The lowest BCUT2D eigenvalue weighted by Crippen LogP contribution is -2.33. The lowest BCUT2D eigenvalue weighted by Gasteiger charge is -2.08. The Labute approximate surface area is 154 Å². The van der Waals surface area contributed by atoms with E-state index < -0.39 is 21.8 Å². The molecular formula is C15H13Cl2N3O4S. The number of primary sulfonamides is 1. The standard InChI is InChI=1S/C15H13Cl2N3O4S/c16-9-1-6-12(13(17)7-9)15(22)19-8-14(21)20-10-2-4-11(5-3-10)25(18,23)24/h1-7H,8H2,(H,19,22)(H,20,21)(H2,18,23,24). The highest BCUT2D eigenvalue weighted by molar-refractivity contribution is 7.89. The molecule has 0 saturated carbocycles. The fraction of sp³-hybridized carbons (Fsp3) is 0.0667. The fourth-order valence-electron chi connectivity index (χ4n) is 1.86. The van der Waals surface area contributed by atoms with E-state index in [2.05, 4.69) is 10.6 Å². The zero-order chi connectivity index (χ0) is 18.6. The minimum absolute atomic E-state index is 0.0730. The molecule has 0 aliphatic carbocycles. The molecule has 2 rings (SSSR count). The largest absolute Gasteiger partial charge is 0.343 e. The predicted molar refractivity (Wildman–Crippen MR) is 95.2 cm³/mol. The van der Waals surface area contributed by atoms with Crippen molar-refractivity contribution >= 4 is 50.7 Å². The Morgan fingerprint density at radius 2 is 1.68 bits per heavy atom. The van der Waals surface area contributed by atoms with E-state index in [1.165, 1.54) is 42.5 Å². The first-order valence-corrected chi connectivity index (χ1v) is 9.13. The minimum Gasteiger partial charge on any atom is -0.343 e. The van der Waals surface area contributed by atoms with Crippen LogP contribution in [0.15, 0.2) is 47.4 Å². The number of carbonyl (C=O) groups is 2. The van der Waals surface area contributed by atoms with Crippen LogP contribution in [0.1, 0.15) is 10.4 Å². The average Bonchev–Trinajstić information content (AvgIpc) is 2.52. The Bertz CT molecular complexity index is 915. The molecule has 0 heterocycles. The van der Waals surface area contributed by atoms with E-state index >= 15 is 0 Å². The third kappa shape index (κ3) is 5.43. The van der Waals surface area contributed by atoms with Crippen LogP contribution in [0.3, 0.4) is 0 Å². The monoisotopic (exact) mass is 401 g/mol. The van der Waals surface area contributed by atoms with Crippen LogP contribution in [0.4, 0.5) is 5.69 Å². The highest BCUT2D eigenvalue weighted by atomic mass is 35.5. The number of nitrogens with one attached hydrogen (secondary N) is 2. The van der Waals surface area contributed by atoms with Crippen molar-refractivity contribution in [3.63, 3.8) is 0 Å². The molecule has 0 atom stereocenters. The number of halogens is 2. The van der Waals surface area contributed by atoms with Crippen LogP contribution in [0.2, 0.25) is 10.0 Å². The second-order valence-corrected chi connectivity index (χ2v) is 7.33. The Kier molecular flexibility index (Phi) is 6.02. The van der Waals surface area contributed by atoms with E-state index in [4.69, 9.17) is 28.3 Å².